The first-order valence-corrected chi connectivity index (χ1v) is 8.61. The molecule has 0 spiro atoms. The molecule has 0 radical (unpaired) electrons. The number of hydrogen-bond donors (Lipinski definition) is 2. The normalized spacial score (nSPS) is 13.5. The summed E-state index contributed by atoms with van der Waals surface area (Å²) < 4.78 is 1.96. The lowest BCUT2D eigenvalue weighted by Gasteiger charge is -2.19. The zero-order valence-corrected chi connectivity index (χ0v) is 15.9. The zero-order valence-electron chi connectivity index (χ0n) is 15.9. The molecule has 6 heteroatoms. The van der Waals surface area contributed by atoms with Crippen molar-refractivity contribution < 1.29 is 0 Å². The van der Waals surface area contributed by atoms with Crippen molar-refractivity contribution in [3.8, 4) is 0 Å². The smallest absolute Gasteiger partial charge is 0.191 e. The third-order valence-electron chi connectivity index (χ3n) is 4.19. The van der Waals surface area contributed by atoms with Gasteiger partial charge in [-0.05, 0) is 53.3 Å². The predicted octanol–water partition coefficient (Wildman–Crippen LogP) is 1.47. The van der Waals surface area contributed by atoms with Gasteiger partial charge in [-0.2, -0.15) is 5.10 Å². The summed E-state index contributed by atoms with van der Waals surface area (Å²) in [5.74, 6) is 0.892. The van der Waals surface area contributed by atoms with Gasteiger partial charge in [0.15, 0.2) is 5.96 Å². The Morgan fingerprint density at radius 3 is 2.57 bits per heavy atom. The average Bonchev–Trinajstić information content (AvgIpc) is 2.73. The van der Waals surface area contributed by atoms with Crippen molar-refractivity contribution in [2.24, 2.45) is 12.0 Å². The highest BCUT2D eigenvalue weighted by Crippen LogP contribution is 2.14. The van der Waals surface area contributed by atoms with Crippen LogP contribution in [-0.4, -0.2) is 59.9 Å². The SMILES string of the molecule is CCNC(=NCCN(C)CC)NC(C)Cc1c(C)nn(C)c1C. The molecular formula is C17H34N6. The second kappa shape index (κ2) is 9.55. The molecule has 1 aromatic heterocycles. The van der Waals surface area contributed by atoms with E-state index < -0.39 is 0 Å². The van der Waals surface area contributed by atoms with Crippen LogP contribution in [0.1, 0.15) is 37.7 Å². The van der Waals surface area contributed by atoms with Crippen LogP contribution in [0.2, 0.25) is 0 Å². The molecule has 1 aromatic rings. The van der Waals surface area contributed by atoms with Crippen LogP contribution in [0.3, 0.4) is 0 Å². The van der Waals surface area contributed by atoms with Gasteiger partial charge in [0.2, 0.25) is 0 Å². The first-order valence-electron chi connectivity index (χ1n) is 8.61. The van der Waals surface area contributed by atoms with Crippen LogP contribution in [-0.2, 0) is 13.5 Å². The summed E-state index contributed by atoms with van der Waals surface area (Å²) in [6.07, 6.45) is 0.949. The Kier molecular flexibility index (Phi) is 8.09. The molecule has 1 unspecified atom stereocenters. The Hall–Kier alpha value is -1.56. The highest BCUT2D eigenvalue weighted by atomic mass is 15.3. The van der Waals surface area contributed by atoms with Crippen LogP contribution in [0.4, 0.5) is 0 Å². The summed E-state index contributed by atoms with van der Waals surface area (Å²) in [6, 6.07) is 0.304. The third-order valence-corrected chi connectivity index (χ3v) is 4.19. The van der Waals surface area contributed by atoms with Crippen molar-refractivity contribution in [3.63, 3.8) is 0 Å². The fourth-order valence-corrected chi connectivity index (χ4v) is 2.51. The summed E-state index contributed by atoms with van der Waals surface area (Å²) in [7, 11) is 4.12. The highest BCUT2D eigenvalue weighted by Gasteiger charge is 2.13. The van der Waals surface area contributed by atoms with Crippen molar-refractivity contribution >= 4 is 5.96 Å². The van der Waals surface area contributed by atoms with E-state index in [0.29, 0.717) is 6.04 Å². The molecule has 0 saturated carbocycles. The van der Waals surface area contributed by atoms with Gasteiger partial charge < -0.3 is 15.5 Å². The second-order valence-electron chi connectivity index (χ2n) is 6.18. The molecule has 1 heterocycles. The Bertz CT molecular complexity index is 505. The zero-order chi connectivity index (χ0) is 17.4. The largest absolute Gasteiger partial charge is 0.357 e. The summed E-state index contributed by atoms with van der Waals surface area (Å²) in [5.41, 5.74) is 3.68. The van der Waals surface area contributed by atoms with Gasteiger partial charge in [-0.25, -0.2) is 0 Å². The molecule has 0 amide bonds. The molecule has 0 aliphatic heterocycles. The Morgan fingerprint density at radius 2 is 2.04 bits per heavy atom. The fraction of sp³-hybridized carbons (Fsp3) is 0.765. The van der Waals surface area contributed by atoms with E-state index >= 15 is 0 Å². The molecule has 0 bridgehead atoms. The van der Waals surface area contributed by atoms with E-state index in [1.54, 1.807) is 0 Å². The second-order valence-corrected chi connectivity index (χ2v) is 6.18. The van der Waals surface area contributed by atoms with Gasteiger partial charge in [-0.15, -0.1) is 0 Å². The van der Waals surface area contributed by atoms with E-state index in [1.165, 1.54) is 11.3 Å². The number of aliphatic imine (C=N–C) groups is 1. The van der Waals surface area contributed by atoms with Gasteiger partial charge in [0.25, 0.3) is 0 Å². The number of likely N-dealkylation sites (N-methyl/N-ethyl adjacent to an activating group) is 1. The van der Waals surface area contributed by atoms with Gasteiger partial charge in [-0.1, -0.05) is 6.92 Å². The number of nitrogens with one attached hydrogen (secondary N) is 2. The maximum atomic E-state index is 4.66. The van der Waals surface area contributed by atoms with Gasteiger partial charge in [0.1, 0.15) is 0 Å². The minimum absolute atomic E-state index is 0.304. The Morgan fingerprint density at radius 1 is 1.35 bits per heavy atom. The van der Waals surface area contributed by atoms with Crippen LogP contribution in [0, 0.1) is 13.8 Å². The van der Waals surface area contributed by atoms with Crippen LogP contribution < -0.4 is 10.6 Å². The molecule has 132 valence electrons. The number of rotatable bonds is 8. The van der Waals surface area contributed by atoms with Gasteiger partial charge in [0, 0.05) is 31.9 Å². The first-order chi connectivity index (χ1) is 10.9. The van der Waals surface area contributed by atoms with E-state index in [0.717, 1.165) is 44.3 Å². The molecule has 23 heavy (non-hydrogen) atoms. The maximum absolute atomic E-state index is 4.66. The molecule has 0 fully saturated rings. The molecule has 0 aliphatic carbocycles. The Labute approximate surface area is 141 Å². The molecule has 1 atom stereocenters. The molecule has 0 aliphatic rings. The van der Waals surface area contributed by atoms with Gasteiger partial charge >= 0.3 is 0 Å². The number of nitrogens with zero attached hydrogens (tertiary/aromatic N) is 4. The standard InChI is InChI=1S/C17H34N6/c1-8-18-17(19-10-11-22(6)9-2)20-13(3)12-16-14(4)21-23(7)15(16)5/h13H,8-12H2,1-7H3,(H2,18,19,20). The minimum atomic E-state index is 0.304. The number of aryl methyl sites for hydroxylation is 2. The summed E-state index contributed by atoms with van der Waals surface area (Å²) in [4.78, 5) is 6.93. The molecule has 0 saturated heterocycles. The molecular weight excluding hydrogens is 288 g/mol. The van der Waals surface area contributed by atoms with Gasteiger partial charge in [0.05, 0.1) is 12.2 Å². The minimum Gasteiger partial charge on any atom is -0.357 e. The maximum Gasteiger partial charge on any atom is 0.191 e. The van der Waals surface area contributed by atoms with E-state index in [-0.39, 0.29) is 0 Å². The van der Waals surface area contributed by atoms with E-state index in [9.17, 15) is 0 Å². The highest BCUT2D eigenvalue weighted by molar-refractivity contribution is 5.80. The van der Waals surface area contributed by atoms with Crippen molar-refractivity contribution in [1.82, 2.24) is 25.3 Å². The van der Waals surface area contributed by atoms with Crippen molar-refractivity contribution in [3.05, 3.63) is 17.0 Å². The Balaban J connectivity index is 2.62. The van der Waals surface area contributed by atoms with Gasteiger partial charge in [-0.3, -0.25) is 9.67 Å². The van der Waals surface area contributed by atoms with Crippen LogP contribution >= 0.6 is 0 Å². The van der Waals surface area contributed by atoms with Crippen LogP contribution in [0.5, 0.6) is 0 Å². The lowest BCUT2D eigenvalue weighted by atomic mass is 10.1. The molecule has 0 aromatic carbocycles. The molecule has 1 rings (SSSR count). The fourth-order valence-electron chi connectivity index (χ4n) is 2.51. The van der Waals surface area contributed by atoms with E-state index in [2.05, 4.69) is 67.3 Å². The van der Waals surface area contributed by atoms with Crippen molar-refractivity contribution in [2.45, 2.75) is 47.1 Å². The third kappa shape index (κ3) is 6.22. The van der Waals surface area contributed by atoms with Crippen LogP contribution in [0.15, 0.2) is 4.99 Å². The topological polar surface area (TPSA) is 57.5 Å². The first kappa shape index (κ1) is 19.5. The quantitative estimate of drug-likeness (QED) is 0.562. The van der Waals surface area contributed by atoms with Crippen molar-refractivity contribution in [1.29, 1.82) is 0 Å². The van der Waals surface area contributed by atoms with E-state index in [4.69, 9.17) is 0 Å². The summed E-state index contributed by atoms with van der Waals surface area (Å²) in [6.45, 7) is 14.3. The monoisotopic (exact) mass is 322 g/mol. The van der Waals surface area contributed by atoms with Crippen LogP contribution in [0.25, 0.3) is 0 Å². The predicted molar refractivity (Wildman–Crippen MR) is 98.1 cm³/mol. The summed E-state index contributed by atoms with van der Waals surface area (Å²) >= 11 is 0. The average molecular weight is 323 g/mol. The number of hydrogen-bond acceptors (Lipinski definition) is 3. The summed E-state index contributed by atoms with van der Waals surface area (Å²) in [5, 5.41) is 11.3. The number of guanidine groups is 1. The number of aromatic nitrogens is 2. The lowest BCUT2D eigenvalue weighted by Crippen LogP contribution is -2.43. The lowest BCUT2D eigenvalue weighted by molar-refractivity contribution is 0.363. The van der Waals surface area contributed by atoms with Crippen molar-refractivity contribution in [2.75, 3.05) is 33.2 Å². The van der Waals surface area contributed by atoms with E-state index in [1.807, 2.05) is 11.7 Å². The molecule has 6 nitrogen and oxygen atoms in total. The molecule has 2 N–H and O–H groups in total.